The number of nitriles is 1. The zero-order valence-corrected chi connectivity index (χ0v) is 11.1. The molecule has 4 N–H and O–H groups in total. The zero-order chi connectivity index (χ0) is 15.1. The normalized spacial score (nSPS) is 20.1. The number of carbonyl (C=O) groups is 1. The first-order chi connectivity index (χ1) is 10.2. The second-order valence-electron chi connectivity index (χ2n) is 4.26. The van der Waals surface area contributed by atoms with Gasteiger partial charge in [-0.2, -0.15) is 10.8 Å². The number of hydrogen-bond acceptors (Lipinski definition) is 6. The van der Waals surface area contributed by atoms with Crippen LogP contribution < -0.4 is 21.1 Å². The molecule has 7 heteroatoms. The van der Waals surface area contributed by atoms with E-state index in [0.717, 1.165) is 5.56 Å². The van der Waals surface area contributed by atoms with Crippen molar-refractivity contribution < 1.29 is 14.6 Å². The molecule has 2 unspecified atom stereocenters. The van der Waals surface area contributed by atoms with E-state index >= 15 is 0 Å². The summed E-state index contributed by atoms with van der Waals surface area (Å²) in [5.41, 5.74) is 8.49. The quantitative estimate of drug-likeness (QED) is 0.460. The Morgan fingerprint density at radius 1 is 1.38 bits per heavy atom. The molecule has 1 aromatic carbocycles. The monoisotopic (exact) mass is 286 g/mol. The minimum absolute atomic E-state index is 0.396. The lowest BCUT2D eigenvalue weighted by Gasteiger charge is -2.16. The number of aliphatic carboxylic acids is 1. The minimum Gasteiger partial charge on any atom is -0.480 e. The van der Waals surface area contributed by atoms with Crippen LogP contribution in [0.1, 0.15) is 18.4 Å². The summed E-state index contributed by atoms with van der Waals surface area (Å²) in [6.07, 6.45) is 0.178. The fourth-order valence-corrected chi connectivity index (χ4v) is 1.72. The van der Waals surface area contributed by atoms with E-state index in [0.29, 0.717) is 18.6 Å². The van der Waals surface area contributed by atoms with Gasteiger partial charge in [-0.05, 0) is 18.2 Å². The van der Waals surface area contributed by atoms with Gasteiger partial charge >= 0.3 is 5.97 Å². The van der Waals surface area contributed by atoms with Crippen LogP contribution in [0.2, 0.25) is 0 Å². The third-order valence-electron chi connectivity index (χ3n) is 2.70. The molecule has 0 amide bonds. The summed E-state index contributed by atoms with van der Waals surface area (Å²) in [5.74, 6) is 5.30. The van der Waals surface area contributed by atoms with Crippen molar-refractivity contribution in [3.63, 3.8) is 0 Å². The molecule has 1 fully saturated rings. The maximum atomic E-state index is 11.0. The third-order valence-corrected chi connectivity index (χ3v) is 2.70. The molecule has 1 aliphatic heterocycles. The lowest BCUT2D eigenvalue weighted by atomic mass is 10.2. The lowest BCUT2D eigenvalue weighted by Crippen LogP contribution is -2.44. The van der Waals surface area contributed by atoms with E-state index in [2.05, 4.69) is 28.2 Å². The fraction of sp³-hybridized carbons (Fsp3) is 0.286. The lowest BCUT2D eigenvalue weighted by molar-refractivity contribution is -0.141. The molecule has 108 valence electrons. The van der Waals surface area contributed by atoms with Gasteiger partial charge in [0.1, 0.15) is 5.75 Å². The highest BCUT2D eigenvalue weighted by Crippen LogP contribution is 2.15. The van der Waals surface area contributed by atoms with E-state index in [1.165, 1.54) is 0 Å². The summed E-state index contributed by atoms with van der Waals surface area (Å²) in [6, 6.07) is 8.17. The molecule has 1 aliphatic rings. The number of unbranched alkanes of at least 4 members (excludes halogenated alkanes) is 1. The highest BCUT2D eigenvalue weighted by Gasteiger charge is 2.34. The van der Waals surface area contributed by atoms with Gasteiger partial charge < -0.3 is 9.84 Å². The second-order valence-corrected chi connectivity index (χ2v) is 4.26. The van der Waals surface area contributed by atoms with Crippen molar-refractivity contribution >= 4 is 5.97 Å². The Hall–Kier alpha value is -2.58. The summed E-state index contributed by atoms with van der Waals surface area (Å²) < 4.78 is 5.58. The van der Waals surface area contributed by atoms with Crippen LogP contribution in [-0.4, -0.2) is 23.3 Å². The Balaban J connectivity index is 2.02. The van der Waals surface area contributed by atoms with E-state index < -0.39 is 18.2 Å². The van der Waals surface area contributed by atoms with Crippen molar-refractivity contribution in [1.82, 2.24) is 16.4 Å². The predicted molar refractivity (Wildman–Crippen MR) is 73.4 cm³/mol. The van der Waals surface area contributed by atoms with E-state index in [1.54, 1.807) is 18.2 Å². The Morgan fingerprint density at radius 2 is 2.24 bits per heavy atom. The smallest absolute Gasteiger partial charge is 0.327 e. The predicted octanol–water partition coefficient (Wildman–Crippen LogP) is 0.112. The summed E-state index contributed by atoms with van der Waals surface area (Å²) in [4.78, 5) is 11.0. The molecule has 7 nitrogen and oxygen atoms in total. The van der Waals surface area contributed by atoms with Crippen molar-refractivity contribution in [3.8, 4) is 23.7 Å². The van der Waals surface area contributed by atoms with Crippen LogP contribution in [0, 0.1) is 23.2 Å². The van der Waals surface area contributed by atoms with E-state index in [-0.39, 0.29) is 0 Å². The van der Waals surface area contributed by atoms with Gasteiger partial charge in [-0.1, -0.05) is 17.9 Å². The van der Waals surface area contributed by atoms with Gasteiger partial charge in [-0.15, -0.1) is 0 Å². The summed E-state index contributed by atoms with van der Waals surface area (Å²) in [7, 11) is 0. The van der Waals surface area contributed by atoms with Gasteiger partial charge in [0, 0.05) is 18.4 Å². The Bertz CT molecular complexity index is 615. The SMILES string of the molecule is N#CCCC#Cc1cccc(OC2NNNC2C(=O)O)c1. The number of carboxylic acid groups (broad SMARTS) is 1. The van der Waals surface area contributed by atoms with E-state index in [4.69, 9.17) is 15.1 Å². The molecule has 1 heterocycles. The van der Waals surface area contributed by atoms with Crippen LogP contribution in [0.4, 0.5) is 0 Å². The van der Waals surface area contributed by atoms with Gasteiger partial charge in [0.25, 0.3) is 0 Å². The highest BCUT2D eigenvalue weighted by molar-refractivity contribution is 5.74. The van der Waals surface area contributed by atoms with Gasteiger partial charge in [-0.25, -0.2) is 10.9 Å². The average molecular weight is 286 g/mol. The molecular formula is C14H14N4O3. The highest BCUT2D eigenvalue weighted by atomic mass is 16.5. The molecule has 2 rings (SSSR count). The number of carboxylic acids is 1. The molecule has 0 aromatic heterocycles. The number of ether oxygens (including phenoxy) is 1. The summed E-state index contributed by atoms with van der Waals surface area (Å²) in [5, 5.41) is 17.4. The number of hydrogen-bond donors (Lipinski definition) is 4. The van der Waals surface area contributed by atoms with Crippen LogP contribution >= 0.6 is 0 Å². The van der Waals surface area contributed by atoms with Crippen molar-refractivity contribution in [1.29, 1.82) is 5.26 Å². The topological polar surface area (TPSA) is 106 Å². The first kappa shape index (κ1) is 14.8. The number of benzene rings is 1. The number of hydrazine groups is 2. The average Bonchev–Trinajstić information content (AvgIpc) is 2.92. The first-order valence-corrected chi connectivity index (χ1v) is 6.32. The van der Waals surface area contributed by atoms with E-state index in [9.17, 15) is 4.79 Å². The van der Waals surface area contributed by atoms with E-state index in [1.807, 2.05) is 12.1 Å². The van der Waals surface area contributed by atoms with Crippen molar-refractivity contribution in [2.24, 2.45) is 0 Å². The molecule has 2 atom stereocenters. The van der Waals surface area contributed by atoms with Gasteiger partial charge in [0.2, 0.25) is 0 Å². The van der Waals surface area contributed by atoms with Gasteiger partial charge in [0.05, 0.1) is 6.07 Å². The van der Waals surface area contributed by atoms with Crippen LogP contribution in [0.3, 0.4) is 0 Å². The minimum atomic E-state index is -1.02. The second kappa shape index (κ2) is 7.27. The molecule has 1 aromatic rings. The molecule has 21 heavy (non-hydrogen) atoms. The van der Waals surface area contributed by atoms with Gasteiger partial charge in [-0.3, -0.25) is 4.79 Å². The molecule has 0 saturated carbocycles. The molecule has 0 radical (unpaired) electrons. The maximum absolute atomic E-state index is 11.0. The van der Waals surface area contributed by atoms with Gasteiger partial charge in [0.15, 0.2) is 12.3 Å². The number of rotatable bonds is 4. The van der Waals surface area contributed by atoms with Crippen molar-refractivity contribution in [2.45, 2.75) is 25.1 Å². The summed E-state index contributed by atoms with van der Waals surface area (Å²) in [6.45, 7) is 0. The molecule has 1 saturated heterocycles. The van der Waals surface area contributed by atoms with Crippen LogP contribution in [0.5, 0.6) is 5.75 Å². The first-order valence-electron chi connectivity index (χ1n) is 6.32. The fourth-order valence-electron chi connectivity index (χ4n) is 1.72. The molecule has 0 bridgehead atoms. The maximum Gasteiger partial charge on any atom is 0.327 e. The van der Waals surface area contributed by atoms with Crippen LogP contribution in [0.25, 0.3) is 0 Å². The molecular weight excluding hydrogens is 272 g/mol. The number of nitrogens with one attached hydrogen (secondary N) is 3. The number of nitrogens with zero attached hydrogens (tertiary/aromatic N) is 1. The third kappa shape index (κ3) is 4.20. The zero-order valence-electron chi connectivity index (χ0n) is 11.1. The van der Waals surface area contributed by atoms with Crippen molar-refractivity contribution in [3.05, 3.63) is 29.8 Å². The van der Waals surface area contributed by atoms with Crippen LogP contribution in [0.15, 0.2) is 24.3 Å². The largest absolute Gasteiger partial charge is 0.480 e. The Kier molecular flexibility index (Phi) is 5.13. The standard InChI is InChI=1S/C14H14N4O3/c15-8-3-1-2-5-10-6-4-7-11(9-10)21-13-12(14(19)20)16-18-17-13/h4,6-7,9,12-13,16-18H,1,3H2,(H,19,20). The van der Waals surface area contributed by atoms with Crippen molar-refractivity contribution in [2.75, 3.05) is 0 Å². The van der Waals surface area contributed by atoms with Crippen LogP contribution in [-0.2, 0) is 4.79 Å². The molecule has 0 spiro atoms. The molecule has 0 aliphatic carbocycles. The Labute approximate surface area is 121 Å². The summed E-state index contributed by atoms with van der Waals surface area (Å²) >= 11 is 0. The Morgan fingerprint density at radius 3 is 3.00 bits per heavy atom.